The smallest absolute Gasteiger partial charge is 0.0670 e. The van der Waals surface area contributed by atoms with Crippen molar-refractivity contribution < 1.29 is 4.74 Å². The van der Waals surface area contributed by atoms with Gasteiger partial charge in [0.25, 0.3) is 0 Å². The van der Waals surface area contributed by atoms with E-state index in [0.29, 0.717) is 29.0 Å². The van der Waals surface area contributed by atoms with Gasteiger partial charge in [-0.3, -0.25) is 4.90 Å². The molecule has 1 N–H and O–H groups in total. The molecule has 0 aromatic carbocycles. The first-order valence-corrected chi connectivity index (χ1v) is 7.56. The Hall–Kier alpha value is -0.120. The van der Waals surface area contributed by atoms with Gasteiger partial charge < -0.3 is 10.1 Å². The third kappa shape index (κ3) is 4.73. The van der Waals surface area contributed by atoms with Crippen molar-refractivity contribution in [2.75, 3.05) is 26.7 Å². The van der Waals surface area contributed by atoms with Crippen molar-refractivity contribution >= 4 is 0 Å². The van der Waals surface area contributed by atoms with Gasteiger partial charge in [-0.05, 0) is 17.8 Å². The minimum atomic E-state index is 0.295. The maximum absolute atomic E-state index is 5.47. The lowest BCUT2D eigenvalue weighted by Crippen LogP contribution is -2.64. The van der Waals surface area contributed by atoms with Crippen LogP contribution in [-0.2, 0) is 4.74 Å². The van der Waals surface area contributed by atoms with Crippen LogP contribution >= 0.6 is 0 Å². The first kappa shape index (κ1) is 16.9. The number of nitrogens with zero attached hydrogens (tertiary/aromatic N) is 1. The summed E-state index contributed by atoms with van der Waals surface area (Å²) in [6, 6.07) is 1.12. The van der Waals surface area contributed by atoms with E-state index in [1.807, 2.05) is 0 Å². The number of piperazine rings is 1. The molecule has 0 spiro atoms. The van der Waals surface area contributed by atoms with Gasteiger partial charge in [0.1, 0.15) is 0 Å². The molecule has 0 saturated carbocycles. The van der Waals surface area contributed by atoms with Gasteiger partial charge in [0.15, 0.2) is 0 Å². The van der Waals surface area contributed by atoms with Crippen molar-refractivity contribution in [1.82, 2.24) is 10.2 Å². The van der Waals surface area contributed by atoms with Crippen LogP contribution in [-0.4, -0.2) is 49.8 Å². The molecule has 0 aliphatic carbocycles. The highest BCUT2D eigenvalue weighted by atomic mass is 16.5. The summed E-state index contributed by atoms with van der Waals surface area (Å²) in [5.74, 6) is 0. The van der Waals surface area contributed by atoms with E-state index < -0.39 is 0 Å². The first-order valence-electron chi connectivity index (χ1n) is 7.56. The van der Waals surface area contributed by atoms with Gasteiger partial charge in [-0.1, -0.05) is 41.5 Å². The predicted octanol–water partition coefficient (Wildman–Crippen LogP) is 2.76. The maximum atomic E-state index is 5.47. The summed E-state index contributed by atoms with van der Waals surface area (Å²) in [5.41, 5.74) is 0.598. The number of methoxy groups -OCH3 is 1. The highest BCUT2D eigenvalue weighted by Gasteiger charge is 2.39. The largest absolute Gasteiger partial charge is 0.380 e. The van der Waals surface area contributed by atoms with Crippen LogP contribution in [0.15, 0.2) is 0 Å². The minimum Gasteiger partial charge on any atom is -0.380 e. The number of rotatable bonds is 3. The van der Waals surface area contributed by atoms with Crippen molar-refractivity contribution in [2.24, 2.45) is 10.8 Å². The standard InChI is InChI=1S/C16H34N2O/c1-12(19-8)10-18-11-13(15(2,3)4)17-9-14(18)16(5,6)7/h12-14,17H,9-11H2,1-8H3. The predicted molar refractivity (Wildman–Crippen MR) is 82.5 cm³/mol. The Kier molecular flexibility index (Phi) is 5.44. The van der Waals surface area contributed by atoms with Crippen molar-refractivity contribution in [3.05, 3.63) is 0 Å². The second-order valence-corrected chi connectivity index (χ2v) is 8.21. The highest BCUT2D eigenvalue weighted by Crippen LogP contribution is 2.30. The van der Waals surface area contributed by atoms with Gasteiger partial charge in [0, 0.05) is 38.8 Å². The second-order valence-electron chi connectivity index (χ2n) is 8.21. The average Bonchev–Trinajstić information content (AvgIpc) is 2.26. The van der Waals surface area contributed by atoms with E-state index in [2.05, 4.69) is 58.7 Å². The topological polar surface area (TPSA) is 24.5 Å². The lowest BCUT2D eigenvalue weighted by Gasteiger charge is -2.50. The van der Waals surface area contributed by atoms with Crippen LogP contribution in [0.4, 0.5) is 0 Å². The van der Waals surface area contributed by atoms with Crippen molar-refractivity contribution in [3.63, 3.8) is 0 Å². The molecular formula is C16H34N2O. The van der Waals surface area contributed by atoms with E-state index >= 15 is 0 Å². The number of hydrogen-bond donors (Lipinski definition) is 1. The molecule has 1 aliphatic rings. The molecule has 1 fully saturated rings. The fraction of sp³-hybridized carbons (Fsp3) is 1.00. The van der Waals surface area contributed by atoms with Gasteiger partial charge in [-0.15, -0.1) is 0 Å². The fourth-order valence-corrected chi connectivity index (χ4v) is 2.85. The summed E-state index contributed by atoms with van der Waals surface area (Å²) in [5, 5.41) is 3.75. The van der Waals surface area contributed by atoms with E-state index in [-0.39, 0.29) is 0 Å². The first-order chi connectivity index (χ1) is 8.55. The number of hydrogen-bond acceptors (Lipinski definition) is 3. The lowest BCUT2D eigenvalue weighted by molar-refractivity contribution is -0.00737. The summed E-state index contributed by atoms with van der Waals surface area (Å²) in [6.45, 7) is 19.3. The molecule has 19 heavy (non-hydrogen) atoms. The Bertz CT molecular complexity index is 277. The Morgan fingerprint density at radius 1 is 1.16 bits per heavy atom. The van der Waals surface area contributed by atoms with Gasteiger partial charge in [-0.25, -0.2) is 0 Å². The minimum absolute atomic E-state index is 0.295. The van der Waals surface area contributed by atoms with Crippen molar-refractivity contribution in [1.29, 1.82) is 0 Å². The van der Waals surface area contributed by atoms with E-state index in [1.54, 1.807) is 7.11 Å². The summed E-state index contributed by atoms with van der Waals surface area (Å²) < 4.78 is 5.47. The van der Waals surface area contributed by atoms with E-state index in [4.69, 9.17) is 4.74 Å². The number of nitrogens with one attached hydrogen (secondary N) is 1. The van der Waals surface area contributed by atoms with Gasteiger partial charge in [0.2, 0.25) is 0 Å². The van der Waals surface area contributed by atoms with Crippen molar-refractivity contribution in [3.8, 4) is 0 Å². The van der Waals surface area contributed by atoms with Crippen molar-refractivity contribution in [2.45, 2.75) is 66.7 Å². The van der Waals surface area contributed by atoms with Crippen LogP contribution < -0.4 is 5.32 Å². The Labute approximate surface area is 120 Å². The zero-order valence-electron chi connectivity index (χ0n) is 14.2. The van der Waals surface area contributed by atoms with E-state index in [1.165, 1.54) is 0 Å². The van der Waals surface area contributed by atoms with E-state index in [0.717, 1.165) is 19.6 Å². The third-order valence-electron chi connectivity index (χ3n) is 4.35. The third-order valence-corrected chi connectivity index (χ3v) is 4.35. The van der Waals surface area contributed by atoms with Crippen LogP contribution in [0.2, 0.25) is 0 Å². The van der Waals surface area contributed by atoms with Crippen LogP contribution in [0.3, 0.4) is 0 Å². The lowest BCUT2D eigenvalue weighted by atomic mass is 9.79. The molecule has 0 bridgehead atoms. The Morgan fingerprint density at radius 3 is 2.16 bits per heavy atom. The van der Waals surface area contributed by atoms with Crippen LogP contribution in [0.1, 0.15) is 48.5 Å². The summed E-state index contributed by atoms with van der Waals surface area (Å²) in [6.07, 6.45) is 0.295. The molecule has 1 heterocycles. The molecule has 0 aromatic rings. The molecule has 1 aliphatic heterocycles. The van der Waals surface area contributed by atoms with Crippen LogP contribution in [0.25, 0.3) is 0 Å². The van der Waals surface area contributed by atoms with Gasteiger partial charge in [-0.2, -0.15) is 0 Å². The monoisotopic (exact) mass is 270 g/mol. The molecule has 3 heteroatoms. The summed E-state index contributed by atoms with van der Waals surface area (Å²) >= 11 is 0. The van der Waals surface area contributed by atoms with Gasteiger partial charge in [0.05, 0.1) is 6.10 Å². The number of ether oxygens (including phenoxy) is 1. The van der Waals surface area contributed by atoms with Crippen LogP contribution in [0.5, 0.6) is 0 Å². The fourth-order valence-electron chi connectivity index (χ4n) is 2.85. The molecular weight excluding hydrogens is 236 g/mol. The Morgan fingerprint density at radius 2 is 1.74 bits per heavy atom. The zero-order chi connectivity index (χ0) is 14.8. The SMILES string of the molecule is COC(C)CN1CC(C(C)(C)C)NCC1C(C)(C)C. The quantitative estimate of drug-likeness (QED) is 0.853. The molecule has 1 saturated heterocycles. The molecule has 3 unspecified atom stereocenters. The maximum Gasteiger partial charge on any atom is 0.0670 e. The van der Waals surface area contributed by atoms with Crippen LogP contribution in [0, 0.1) is 10.8 Å². The summed E-state index contributed by atoms with van der Waals surface area (Å²) in [4.78, 5) is 2.63. The zero-order valence-corrected chi connectivity index (χ0v) is 14.2. The normalized spacial score (nSPS) is 28.4. The molecule has 0 aromatic heterocycles. The molecule has 3 atom stereocenters. The molecule has 1 rings (SSSR count). The van der Waals surface area contributed by atoms with E-state index in [9.17, 15) is 0 Å². The Balaban J connectivity index is 2.80. The summed E-state index contributed by atoms with van der Waals surface area (Å²) in [7, 11) is 1.81. The molecule has 0 radical (unpaired) electrons. The molecule has 114 valence electrons. The molecule has 3 nitrogen and oxygen atoms in total. The highest BCUT2D eigenvalue weighted by molar-refractivity contribution is 4.96. The molecule has 0 amide bonds. The average molecular weight is 270 g/mol. The second kappa shape index (κ2) is 6.11. The van der Waals surface area contributed by atoms with Gasteiger partial charge >= 0.3 is 0 Å².